The van der Waals surface area contributed by atoms with Crippen molar-refractivity contribution >= 4 is 0 Å². The highest BCUT2D eigenvalue weighted by Gasteiger charge is 2.13. The zero-order valence-corrected chi connectivity index (χ0v) is 13.4. The smallest absolute Gasteiger partial charge is 0.0596 e. The van der Waals surface area contributed by atoms with E-state index in [0.29, 0.717) is 6.10 Å². The zero-order chi connectivity index (χ0) is 14.1. The second-order valence-electron chi connectivity index (χ2n) is 5.89. The minimum Gasteiger partial charge on any atom is -0.377 e. The standard InChI is InChI=1S/C15H33N3O/c1-5-15(2)19-14-13-16(3)7-6-8-18-11-9-17(4)10-12-18/h15H,5-14H2,1-4H3. The van der Waals surface area contributed by atoms with Crippen LogP contribution >= 0.6 is 0 Å². The number of hydrogen-bond acceptors (Lipinski definition) is 4. The van der Waals surface area contributed by atoms with Gasteiger partial charge in [-0.05, 0) is 47.0 Å². The molecule has 1 saturated heterocycles. The van der Waals surface area contributed by atoms with Gasteiger partial charge in [-0.2, -0.15) is 0 Å². The second kappa shape index (κ2) is 9.70. The van der Waals surface area contributed by atoms with E-state index in [2.05, 4.69) is 42.6 Å². The van der Waals surface area contributed by atoms with Gasteiger partial charge in [-0.25, -0.2) is 0 Å². The highest BCUT2D eigenvalue weighted by Crippen LogP contribution is 2.01. The normalized spacial score (nSPS) is 20.1. The van der Waals surface area contributed by atoms with Crippen molar-refractivity contribution in [2.24, 2.45) is 0 Å². The van der Waals surface area contributed by atoms with E-state index >= 15 is 0 Å². The fourth-order valence-electron chi connectivity index (χ4n) is 2.28. The van der Waals surface area contributed by atoms with Gasteiger partial charge >= 0.3 is 0 Å². The number of hydrogen-bond donors (Lipinski definition) is 0. The molecule has 0 radical (unpaired) electrons. The van der Waals surface area contributed by atoms with Gasteiger partial charge in [0.15, 0.2) is 0 Å². The first-order valence-electron chi connectivity index (χ1n) is 7.83. The Morgan fingerprint density at radius 3 is 2.47 bits per heavy atom. The van der Waals surface area contributed by atoms with Crippen molar-refractivity contribution in [3.05, 3.63) is 0 Å². The lowest BCUT2D eigenvalue weighted by Crippen LogP contribution is -2.45. The highest BCUT2D eigenvalue weighted by molar-refractivity contribution is 4.69. The third-order valence-electron chi connectivity index (χ3n) is 4.06. The molecule has 0 amide bonds. The van der Waals surface area contributed by atoms with Gasteiger partial charge in [-0.1, -0.05) is 6.92 Å². The van der Waals surface area contributed by atoms with E-state index < -0.39 is 0 Å². The summed E-state index contributed by atoms with van der Waals surface area (Å²) < 4.78 is 5.71. The van der Waals surface area contributed by atoms with Crippen LogP contribution < -0.4 is 0 Å². The molecule has 0 aromatic carbocycles. The minimum absolute atomic E-state index is 0.402. The Bertz CT molecular complexity index is 217. The van der Waals surface area contributed by atoms with Crippen molar-refractivity contribution in [2.45, 2.75) is 32.8 Å². The molecule has 1 unspecified atom stereocenters. The maximum atomic E-state index is 5.71. The molecule has 1 aliphatic heterocycles. The van der Waals surface area contributed by atoms with Crippen LogP contribution in [0.1, 0.15) is 26.7 Å². The average molecular weight is 271 g/mol. The summed E-state index contributed by atoms with van der Waals surface area (Å²) in [5.41, 5.74) is 0. The lowest BCUT2D eigenvalue weighted by molar-refractivity contribution is 0.0496. The average Bonchev–Trinajstić information content (AvgIpc) is 2.41. The van der Waals surface area contributed by atoms with E-state index in [-0.39, 0.29) is 0 Å². The maximum Gasteiger partial charge on any atom is 0.0596 e. The van der Waals surface area contributed by atoms with E-state index in [4.69, 9.17) is 4.74 Å². The number of nitrogens with zero attached hydrogens (tertiary/aromatic N) is 3. The Hall–Kier alpha value is -0.160. The van der Waals surface area contributed by atoms with Crippen molar-refractivity contribution in [3.63, 3.8) is 0 Å². The Morgan fingerprint density at radius 1 is 1.16 bits per heavy atom. The molecule has 1 aliphatic rings. The molecule has 0 aromatic rings. The van der Waals surface area contributed by atoms with Crippen LogP contribution in [0.2, 0.25) is 0 Å². The molecule has 0 bridgehead atoms. The number of likely N-dealkylation sites (N-methyl/N-ethyl adjacent to an activating group) is 2. The molecule has 0 N–H and O–H groups in total. The van der Waals surface area contributed by atoms with Crippen molar-refractivity contribution in [1.29, 1.82) is 0 Å². The molecular weight excluding hydrogens is 238 g/mol. The van der Waals surface area contributed by atoms with Crippen LogP contribution in [0.25, 0.3) is 0 Å². The molecule has 0 aliphatic carbocycles. The van der Waals surface area contributed by atoms with Crippen LogP contribution in [0, 0.1) is 0 Å². The molecule has 1 rings (SSSR count). The lowest BCUT2D eigenvalue weighted by atomic mass is 10.3. The van der Waals surface area contributed by atoms with E-state index in [1.807, 2.05) is 0 Å². The minimum atomic E-state index is 0.402. The molecule has 1 fully saturated rings. The molecular formula is C15H33N3O. The van der Waals surface area contributed by atoms with E-state index in [9.17, 15) is 0 Å². The summed E-state index contributed by atoms with van der Waals surface area (Å²) in [6, 6.07) is 0. The Labute approximate surface area is 119 Å². The quantitative estimate of drug-likeness (QED) is 0.630. The molecule has 0 saturated carbocycles. The largest absolute Gasteiger partial charge is 0.377 e. The highest BCUT2D eigenvalue weighted by atomic mass is 16.5. The van der Waals surface area contributed by atoms with Crippen LogP contribution in [-0.4, -0.2) is 87.3 Å². The summed E-state index contributed by atoms with van der Waals surface area (Å²) in [6.45, 7) is 13.6. The summed E-state index contributed by atoms with van der Waals surface area (Å²) in [6.07, 6.45) is 2.77. The number of piperazine rings is 1. The van der Waals surface area contributed by atoms with Crippen LogP contribution in [0.15, 0.2) is 0 Å². The SMILES string of the molecule is CCC(C)OCCN(C)CCCN1CCN(C)CC1. The Morgan fingerprint density at radius 2 is 1.84 bits per heavy atom. The van der Waals surface area contributed by atoms with Gasteiger partial charge in [-0.3, -0.25) is 0 Å². The summed E-state index contributed by atoms with van der Waals surface area (Å²) >= 11 is 0. The zero-order valence-electron chi connectivity index (χ0n) is 13.4. The first kappa shape index (κ1) is 16.9. The van der Waals surface area contributed by atoms with Gasteiger partial charge in [0.25, 0.3) is 0 Å². The predicted octanol–water partition coefficient (Wildman–Crippen LogP) is 1.37. The van der Waals surface area contributed by atoms with Crippen LogP contribution in [0.4, 0.5) is 0 Å². The van der Waals surface area contributed by atoms with Gasteiger partial charge < -0.3 is 19.4 Å². The lowest BCUT2D eigenvalue weighted by Gasteiger charge is -2.32. The monoisotopic (exact) mass is 271 g/mol. The molecule has 0 spiro atoms. The van der Waals surface area contributed by atoms with E-state index in [0.717, 1.165) is 19.6 Å². The van der Waals surface area contributed by atoms with Crippen LogP contribution in [0.3, 0.4) is 0 Å². The topological polar surface area (TPSA) is 19.0 Å². The summed E-state index contributed by atoms with van der Waals surface area (Å²) in [7, 11) is 4.41. The van der Waals surface area contributed by atoms with E-state index in [1.165, 1.54) is 45.7 Å². The fraction of sp³-hybridized carbons (Fsp3) is 1.00. The van der Waals surface area contributed by atoms with Crippen molar-refractivity contribution < 1.29 is 4.74 Å². The summed E-state index contributed by atoms with van der Waals surface area (Å²) in [4.78, 5) is 7.39. The molecule has 4 nitrogen and oxygen atoms in total. The molecule has 4 heteroatoms. The van der Waals surface area contributed by atoms with Crippen LogP contribution in [-0.2, 0) is 4.74 Å². The van der Waals surface area contributed by atoms with Crippen LogP contribution in [0.5, 0.6) is 0 Å². The van der Waals surface area contributed by atoms with Gasteiger partial charge in [0.2, 0.25) is 0 Å². The molecule has 1 heterocycles. The number of rotatable bonds is 9. The number of ether oxygens (including phenoxy) is 1. The maximum absolute atomic E-state index is 5.71. The molecule has 19 heavy (non-hydrogen) atoms. The summed E-state index contributed by atoms with van der Waals surface area (Å²) in [5, 5.41) is 0. The fourth-order valence-corrected chi connectivity index (χ4v) is 2.28. The van der Waals surface area contributed by atoms with Gasteiger partial charge in [0.05, 0.1) is 12.7 Å². The van der Waals surface area contributed by atoms with Gasteiger partial charge in [0, 0.05) is 32.7 Å². The van der Waals surface area contributed by atoms with Crippen molar-refractivity contribution in [1.82, 2.24) is 14.7 Å². The molecule has 114 valence electrons. The first-order valence-corrected chi connectivity index (χ1v) is 7.83. The Balaban J connectivity index is 1.96. The summed E-state index contributed by atoms with van der Waals surface area (Å²) in [5.74, 6) is 0. The van der Waals surface area contributed by atoms with Gasteiger partial charge in [0.1, 0.15) is 0 Å². The first-order chi connectivity index (χ1) is 9.11. The third kappa shape index (κ3) is 7.88. The Kier molecular flexibility index (Phi) is 8.62. The van der Waals surface area contributed by atoms with Crippen molar-refractivity contribution in [3.8, 4) is 0 Å². The van der Waals surface area contributed by atoms with Crippen molar-refractivity contribution in [2.75, 3.05) is 66.5 Å². The van der Waals surface area contributed by atoms with E-state index in [1.54, 1.807) is 0 Å². The molecule has 0 aromatic heterocycles. The predicted molar refractivity (Wildman–Crippen MR) is 81.8 cm³/mol. The molecule has 1 atom stereocenters. The second-order valence-corrected chi connectivity index (χ2v) is 5.89. The third-order valence-corrected chi connectivity index (χ3v) is 4.06. The van der Waals surface area contributed by atoms with Gasteiger partial charge in [-0.15, -0.1) is 0 Å².